The molecule has 1 N–H and O–H groups in total. The van der Waals surface area contributed by atoms with Crippen molar-refractivity contribution in [3.8, 4) is 11.8 Å². The van der Waals surface area contributed by atoms with E-state index in [0.717, 1.165) is 16.7 Å². The van der Waals surface area contributed by atoms with Crippen LogP contribution in [-0.4, -0.2) is 15.0 Å². The minimum atomic E-state index is -1.63. The Balaban J connectivity index is 1.61. The topological polar surface area (TPSA) is 59.1 Å². The van der Waals surface area contributed by atoms with Crippen LogP contribution in [0.15, 0.2) is 71.9 Å². The van der Waals surface area contributed by atoms with Crippen molar-refractivity contribution in [2.24, 2.45) is 0 Å². The number of Topliss-reactive ketones (excluding diaryl/α,β-unsaturated/α-hetero) is 1. The molecule has 0 spiro atoms. The standard InChI is InChI=1S/C23H15ClN2O2S/c24-19-7-4-18(5-8-19)15-22-23(27)20-14-17(6-9-21(20)26-29(22)28)3-1-2-16-10-12-25-13-11-16/h4-15,26H,2H2/b22-15-. The summed E-state index contributed by atoms with van der Waals surface area (Å²) >= 11 is 5.90. The van der Waals surface area contributed by atoms with Crippen LogP contribution in [0.25, 0.3) is 6.08 Å². The molecule has 0 aliphatic carbocycles. The summed E-state index contributed by atoms with van der Waals surface area (Å²) in [5.74, 6) is 5.92. The summed E-state index contributed by atoms with van der Waals surface area (Å²) in [6.45, 7) is 0. The third-order valence-electron chi connectivity index (χ3n) is 4.33. The Bertz CT molecular complexity index is 1190. The van der Waals surface area contributed by atoms with Crippen LogP contribution in [0.1, 0.15) is 27.0 Å². The maximum absolute atomic E-state index is 13.0. The lowest BCUT2D eigenvalue weighted by Gasteiger charge is -2.19. The van der Waals surface area contributed by atoms with Gasteiger partial charge < -0.3 is 4.72 Å². The maximum Gasteiger partial charge on any atom is 0.205 e. The number of carbonyl (C=O) groups excluding carboxylic acids is 1. The molecule has 2 heterocycles. The molecule has 3 aromatic rings. The molecule has 0 amide bonds. The van der Waals surface area contributed by atoms with Crippen molar-refractivity contribution >= 4 is 40.1 Å². The van der Waals surface area contributed by atoms with Gasteiger partial charge in [0.05, 0.1) is 5.69 Å². The smallest absolute Gasteiger partial charge is 0.205 e. The minimum absolute atomic E-state index is 0.196. The molecule has 1 atom stereocenters. The molecule has 0 saturated carbocycles. The molecular weight excluding hydrogens is 404 g/mol. The average molecular weight is 419 g/mol. The van der Waals surface area contributed by atoms with Gasteiger partial charge in [-0.3, -0.25) is 9.78 Å². The Morgan fingerprint density at radius 3 is 2.59 bits per heavy atom. The molecule has 1 aliphatic heterocycles. The fraction of sp³-hybridized carbons (Fsp3) is 0.0435. The predicted molar refractivity (Wildman–Crippen MR) is 117 cm³/mol. The van der Waals surface area contributed by atoms with Crippen molar-refractivity contribution in [3.63, 3.8) is 0 Å². The van der Waals surface area contributed by atoms with Gasteiger partial charge in [-0.05, 0) is 59.7 Å². The van der Waals surface area contributed by atoms with Crippen molar-refractivity contribution in [2.75, 3.05) is 4.72 Å². The van der Waals surface area contributed by atoms with Crippen molar-refractivity contribution < 1.29 is 9.00 Å². The highest BCUT2D eigenvalue weighted by molar-refractivity contribution is 7.91. The number of nitrogens with one attached hydrogen (secondary N) is 1. The van der Waals surface area contributed by atoms with Crippen LogP contribution < -0.4 is 4.72 Å². The Morgan fingerprint density at radius 1 is 1.07 bits per heavy atom. The average Bonchev–Trinajstić information content (AvgIpc) is 2.74. The quantitative estimate of drug-likeness (QED) is 0.487. The van der Waals surface area contributed by atoms with Gasteiger partial charge in [-0.15, -0.1) is 0 Å². The van der Waals surface area contributed by atoms with Gasteiger partial charge in [0.1, 0.15) is 4.91 Å². The van der Waals surface area contributed by atoms with Gasteiger partial charge in [0, 0.05) is 35.0 Å². The van der Waals surface area contributed by atoms with Crippen molar-refractivity contribution in [1.29, 1.82) is 0 Å². The van der Waals surface area contributed by atoms with E-state index in [9.17, 15) is 9.00 Å². The number of rotatable bonds is 2. The lowest BCUT2D eigenvalue weighted by atomic mass is 10.0. The number of aromatic nitrogens is 1. The number of pyridine rings is 1. The Labute approximate surface area is 176 Å². The number of hydrogen-bond donors (Lipinski definition) is 1. The van der Waals surface area contributed by atoms with Crippen LogP contribution >= 0.6 is 11.6 Å². The van der Waals surface area contributed by atoms with Crippen molar-refractivity contribution in [2.45, 2.75) is 6.42 Å². The molecule has 0 saturated heterocycles. The van der Waals surface area contributed by atoms with E-state index in [1.54, 1.807) is 54.9 Å². The molecule has 4 nitrogen and oxygen atoms in total. The van der Waals surface area contributed by atoms with E-state index in [0.29, 0.717) is 22.7 Å². The second-order valence-electron chi connectivity index (χ2n) is 6.35. The van der Waals surface area contributed by atoms with E-state index in [1.807, 2.05) is 18.2 Å². The fourth-order valence-electron chi connectivity index (χ4n) is 2.85. The van der Waals surface area contributed by atoms with Gasteiger partial charge in [0.15, 0.2) is 11.0 Å². The highest BCUT2D eigenvalue weighted by Crippen LogP contribution is 2.29. The van der Waals surface area contributed by atoms with E-state index < -0.39 is 11.0 Å². The number of allylic oxidation sites excluding steroid dienone is 1. The molecule has 2 aromatic carbocycles. The molecule has 142 valence electrons. The first-order chi connectivity index (χ1) is 14.1. The van der Waals surface area contributed by atoms with E-state index in [-0.39, 0.29) is 10.7 Å². The number of hydrogen-bond acceptors (Lipinski definition) is 3. The number of fused-ring (bicyclic) bond motifs is 1. The maximum atomic E-state index is 13.0. The molecule has 4 rings (SSSR count). The zero-order chi connectivity index (χ0) is 20.2. The lowest BCUT2D eigenvalue weighted by Crippen LogP contribution is -2.22. The lowest BCUT2D eigenvalue weighted by molar-refractivity contribution is 0.104. The zero-order valence-corrected chi connectivity index (χ0v) is 16.8. The summed E-state index contributed by atoms with van der Waals surface area (Å²) in [7, 11) is -1.63. The molecule has 1 aromatic heterocycles. The van der Waals surface area contributed by atoms with Crippen LogP contribution in [0, 0.1) is 11.8 Å². The monoisotopic (exact) mass is 418 g/mol. The third kappa shape index (κ3) is 4.45. The van der Waals surface area contributed by atoms with Crippen LogP contribution in [0.2, 0.25) is 5.02 Å². The second kappa shape index (κ2) is 8.44. The van der Waals surface area contributed by atoms with Crippen LogP contribution in [-0.2, 0) is 17.4 Å². The predicted octanol–water partition coefficient (Wildman–Crippen LogP) is 4.64. The van der Waals surface area contributed by atoms with E-state index in [2.05, 4.69) is 21.5 Å². The summed E-state index contributed by atoms with van der Waals surface area (Å²) < 4.78 is 15.4. The number of nitrogens with zero attached hydrogens (tertiary/aromatic N) is 1. The number of benzene rings is 2. The summed E-state index contributed by atoms with van der Waals surface area (Å²) in [5.41, 5.74) is 3.56. The second-order valence-corrected chi connectivity index (χ2v) is 7.97. The summed E-state index contributed by atoms with van der Waals surface area (Å²) in [6, 6.07) is 16.1. The molecule has 1 aliphatic rings. The largest absolute Gasteiger partial charge is 0.300 e. The first-order valence-electron chi connectivity index (χ1n) is 8.82. The van der Waals surface area contributed by atoms with Gasteiger partial charge in [-0.25, -0.2) is 4.21 Å². The SMILES string of the molecule is O=C1/C(=C/c2ccc(Cl)cc2)S(=O)Nc2ccc(C#CCc3ccncc3)cc21. The minimum Gasteiger partial charge on any atom is -0.300 e. The van der Waals surface area contributed by atoms with Crippen molar-refractivity contribution in [3.05, 3.63) is 99.2 Å². The Morgan fingerprint density at radius 2 is 1.83 bits per heavy atom. The molecule has 1 unspecified atom stereocenters. The summed E-state index contributed by atoms with van der Waals surface area (Å²) in [5, 5.41) is 0.599. The first-order valence-corrected chi connectivity index (χ1v) is 10.4. The highest BCUT2D eigenvalue weighted by atomic mass is 35.5. The van der Waals surface area contributed by atoms with Crippen LogP contribution in [0.3, 0.4) is 0 Å². The highest BCUT2D eigenvalue weighted by Gasteiger charge is 2.27. The summed E-state index contributed by atoms with van der Waals surface area (Å²) in [6.07, 6.45) is 5.67. The first kappa shape index (κ1) is 19.1. The van der Waals surface area contributed by atoms with E-state index >= 15 is 0 Å². The van der Waals surface area contributed by atoms with E-state index in [4.69, 9.17) is 11.6 Å². The molecule has 0 radical (unpaired) electrons. The Hall–Kier alpha value is -3.20. The number of anilines is 1. The van der Waals surface area contributed by atoms with Gasteiger partial charge >= 0.3 is 0 Å². The van der Waals surface area contributed by atoms with Crippen molar-refractivity contribution in [1.82, 2.24) is 4.98 Å². The zero-order valence-electron chi connectivity index (χ0n) is 15.2. The molecule has 29 heavy (non-hydrogen) atoms. The fourth-order valence-corrected chi connectivity index (χ4v) is 3.98. The van der Waals surface area contributed by atoms with Gasteiger partial charge in [0.2, 0.25) is 5.78 Å². The summed E-state index contributed by atoms with van der Waals surface area (Å²) in [4.78, 5) is 17.1. The van der Waals surface area contributed by atoms with Gasteiger partial charge in [0.25, 0.3) is 0 Å². The number of ketones is 1. The third-order valence-corrected chi connectivity index (χ3v) is 5.69. The van der Waals surface area contributed by atoms with Crippen LogP contribution in [0.4, 0.5) is 5.69 Å². The van der Waals surface area contributed by atoms with Crippen LogP contribution in [0.5, 0.6) is 0 Å². The normalized spacial score (nSPS) is 16.5. The molecule has 0 bridgehead atoms. The molecule has 6 heteroatoms. The number of carbonyl (C=O) groups is 1. The van der Waals surface area contributed by atoms with Gasteiger partial charge in [-0.1, -0.05) is 35.6 Å². The van der Waals surface area contributed by atoms with Gasteiger partial charge in [-0.2, -0.15) is 0 Å². The Kier molecular flexibility index (Phi) is 5.57. The van der Waals surface area contributed by atoms with E-state index in [1.165, 1.54) is 0 Å². The molecular formula is C23H15ClN2O2S. The number of halogens is 1. The molecule has 0 fully saturated rings.